The number of nitrogens with zero attached hydrogens (tertiary/aromatic N) is 2. The highest BCUT2D eigenvalue weighted by atomic mass is 32.2. The van der Waals surface area contributed by atoms with Crippen molar-refractivity contribution < 1.29 is 0 Å². The van der Waals surface area contributed by atoms with E-state index in [4.69, 9.17) is 0 Å². The topological polar surface area (TPSA) is 6.48 Å². The van der Waals surface area contributed by atoms with E-state index in [1.807, 2.05) is 11.8 Å². The Morgan fingerprint density at radius 2 is 1.03 bits per heavy atom. The summed E-state index contributed by atoms with van der Waals surface area (Å²) in [5.74, 6) is 0. The van der Waals surface area contributed by atoms with Crippen LogP contribution in [-0.4, -0.2) is 18.0 Å². The minimum atomic E-state index is 0.988. The molecule has 0 atom stereocenters. The Kier molecular flexibility index (Phi) is 7.10. The molecule has 0 aromatic heterocycles. The van der Waals surface area contributed by atoms with Crippen LogP contribution in [0.5, 0.6) is 0 Å². The molecule has 1 aliphatic rings. The van der Waals surface area contributed by atoms with E-state index in [1.165, 1.54) is 38.7 Å². The molecule has 3 heteroatoms. The highest BCUT2D eigenvalue weighted by Crippen LogP contribution is 2.47. The Labute approximate surface area is 201 Å². The van der Waals surface area contributed by atoms with E-state index in [0.717, 1.165) is 32.6 Å². The summed E-state index contributed by atoms with van der Waals surface area (Å²) in [6.45, 7) is 4.11. The van der Waals surface area contributed by atoms with Gasteiger partial charge in [0, 0.05) is 29.4 Å². The molecule has 0 amide bonds. The van der Waals surface area contributed by atoms with Crippen LogP contribution < -0.4 is 4.90 Å². The van der Waals surface area contributed by atoms with E-state index >= 15 is 0 Å². The zero-order valence-corrected chi connectivity index (χ0v) is 19.8. The highest BCUT2D eigenvalue weighted by Gasteiger charge is 2.22. The van der Waals surface area contributed by atoms with Gasteiger partial charge < -0.3 is 4.90 Å². The lowest BCUT2D eigenvalue weighted by atomic mass is 10.1. The Hall–Kier alpha value is -3.01. The Balaban J connectivity index is 1.25. The fourth-order valence-corrected chi connectivity index (χ4v) is 5.62. The van der Waals surface area contributed by atoms with Crippen molar-refractivity contribution in [3.05, 3.63) is 120 Å². The van der Waals surface area contributed by atoms with Crippen LogP contribution in [0.3, 0.4) is 0 Å². The lowest BCUT2D eigenvalue weighted by Crippen LogP contribution is -2.26. The van der Waals surface area contributed by atoms with Crippen LogP contribution in [0.1, 0.15) is 24.0 Å². The van der Waals surface area contributed by atoms with Crippen LogP contribution in [-0.2, 0) is 13.1 Å². The number of rotatable bonds is 9. The molecule has 0 N–H and O–H groups in total. The lowest BCUT2D eigenvalue weighted by Gasteiger charge is -2.33. The van der Waals surface area contributed by atoms with Gasteiger partial charge in [0.1, 0.15) is 0 Å². The van der Waals surface area contributed by atoms with E-state index in [9.17, 15) is 0 Å². The fraction of sp³-hybridized carbons (Fsp3) is 0.200. The van der Waals surface area contributed by atoms with Crippen molar-refractivity contribution in [3.63, 3.8) is 0 Å². The molecular weight excluding hydrogens is 420 g/mol. The van der Waals surface area contributed by atoms with Crippen LogP contribution >= 0.6 is 11.8 Å². The number of para-hydroxylation sites is 2. The molecule has 33 heavy (non-hydrogen) atoms. The fourth-order valence-electron chi connectivity index (χ4n) is 4.52. The Morgan fingerprint density at radius 1 is 0.545 bits per heavy atom. The maximum Gasteiger partial charge on any atom is 0.0552 e. The molecular formula is C30H30N2S. The first-order valence-corrected chi connectivity index (χ1v) is 12.6. The van der Waals surface area contributed by atoms with Crippen LogP contribution in [0.2, 0.25) is 0 Å². The molecule has 0 fully saturated rings. The molecule has 1 aliphatic heterocycles. The van der Waals surface area contributed by atoms with Crippen molar-refractivity contribution in [1.29, 1.82) is 0 Å². The summed E-state index contributed by atoms with van der Waals surface area (Å²) < 4.78 is 0. The van der Waals surface area contributed by atoms with E-state index in [2.05, 4.69) is 119 Å². The summed E-state index contributed by atoms with van der Waals surface area (Å²) >= 11 is 1.88. The summed E-state index contributed by atoms with van der Waals surface area (Å²) in [7, 11) is 0. The summed E-state index contributed by atoms with van der Waals surface area (Å²) in [6, 6.07) is 39.3. The molecule has 2 nitrogen and oxygen atoms in total. The van der Waals surface area contributed by atoms with E-state index in [1.54, 1.807) is 0 Å². The number of hydrogen-bond acceptors (Lipinski definition) is 3. The predicted molar refractivity (Wildman–Crippen MR) is 140 cm³/mol. The van der Waals surface area contributed by atoms with Gasteiger partial charge in [-0.15, -0.1) is 0 Å². The van der Waals surface area contributed by atoms with Gasteiger partial charge in [-0.2, -0.15) is 0 Å². The van der Waals surface area contributed by atoms with Crippen molar-refractivity contribution in [1.82, 2.24) is 4.90 Å². The van der Waals surface area contributed by atoms with Crippen LogP contribution in [0, 0.1) is 0 Å². The number of unbranched alkanes of at least 4 members (excludes halogenated alkanes) is 1. The molecule has 0 spiro atoms. The molecule has 4 aromatic rings. The van der Waals surface area contributed by atoms with Gasteiger partial charge in [0.15, 0.2) is 0 Å². The maximum absolute atomic E-state index is 2.58. The zero-order chi connectivity index (χ0) is 22.3. The average molecular weight is 451 g/mol. The SMILES string of the molecule is c1ccc(CN(CCCCN2c3ccccc3Sc3ccccc32)Cc2ccccc2)cc1. The average Bonchev–Trinajstić information content (AvgIpc) is 2.87. The smallest absolute Gasteiger partial charge is 0.0552 e. The number of anilines is 2. The molecule has 1 heterocycles. The summed E-state index contributed by atoms with van der Waals surface area (Å²) in [6.07, 6.45) is 2.33. The third-order valence-electron chi connectivity index (χ3n) is 6.14. The van der Waals surface area contributed by atoms with Crippen LogP contribution in [0.15, 0.2) is 119 Å². The largest absolute Gasteiger partial charge is 0.340 e. The third kappa shape index (κ3) is 5.50. The first-order valence-electron chi connectivity index (χ1n) is 11.8. The molecule has 0 aliphatic carbocycles. The second kappa shape index (κ2) is 10.7. The molecule has 0 radical (unpaired) electrons. The molecule has 0 saturated heterocycles. The Morgan fingerprint density at radius 3 is 1.58 bits per heavy atom. The van der Waals surface area contributed by atoms with Gasteiger partial charge in [0.05, 0.1) is 11.4 Å². The van der Waals surface area contributed by atoms with Gasteiger partial charge in [0.25, 0.3) is 0 Å². The third-order valence-corrected chi connectivity index (χ3v) is 7.27. The second-order valence-corrected chi connectivity index (χ2v) is 9.66. The zero-order valence-electron chi connectivity index (χ0n) is 18.9. The summed E-state index contributed by atoms with van der Waals surface area (Å²) in [5.41, 5.74) is 5.44. The highest BCUT2D eigenvalue weighted by molar-refractivity contribution is 7.99. The molecule has 0 bridgehead atoms. The molecule has 4 aromatic carbocycles. The number of hydrogen-bond donors (Lipinski definition) is 0. The maximum atomic E-state index is 2.58. The first kappa shape index (κ1) is 21.8. The van der Waals surface area contributed by atoms with Gasteiger partial charge in [-0.25, -0.2) is 0 Å². The number of benzene rings is 4. The molecule has 0 saturated carbocycles. The summed E-state index contributed by atoms with van der Waals surface area (Å²) in [5, 5.41) is 0. The van der Waals surface area contributed by atoms with E-state index < -0.39 is 0 Å². The monoisotopic (exact) mass is 450 g/mol. The van der Waals surface area contributed by atoms with Gasteiger partial charge in [-0.1, -0.05) is 96.7 Å². The molecule has 5 rings (SSSR count). The summed E-state index contributed by atoms with van der Waals surface area (Å²) in [4.78, 5) is 7.80. The van der Waals surface area contributed by atoms with Crippen molar-refractivity contribution in [2.45, 2.75) is 35.7 Å². The number of fused-ring (bicyclic) bond motifs is 2. The quantitative estimate of drug-likeness (QED) is 0.240. The van der Waals surface area contributed by atoms with Crippen molar-refractivity contribution in [2.24, 2.45) is 0 Å². The van der Waals surface area contributed by atoms with Crippen LogP contribution in [0.25, 0.3) is 0 Å². The minimum absolute atomic E-state index is 0.988. The lowest BCUT2D eigenvalue weighted by molar-refractivity contribution is 0.252. The normalized spacial score (nSPS) is 12.5. The van der Waals surface area contributed by atoms with Crippen molar-refractivity contribution in [3.8, 4) is 0 Å². The van der Waals surface area contributed by atoms with E-state index in [0.29, 0.717) is 0 Å². The van der Waals surface area contributed by atoms with Gasteiger partial charge >= 0.3 is 0 Å². The Bertz CT molecular complexity index is 1070. The van der Waals surface area contributed by atoms with Gasteiger partial charge in [-0.05, 0) is 54.8 Å². The predicted octanol–water partition coefficient (Wildman–Crippen LogP) is 7.77. The van der Waals surface area contributed by atoms with Crippen LogP contribution in [0.4, 0.5) is 11.4 Å². The molecule has 0 unspecified atom stereocenters. The van der Waals surface area contributed by atoms with Gasteiger partial charge in [0.2, 0.25) is 0 Å². The van der Waals surface area contributed by atoms with E-state index in [-0.39, 0.29) is 0 Å². The van der Waals surface area contributed by atoms with Crippen molar-refractivity contribution in [2.75, 3.05) is 18.0 Å². The van der Waals surface area contributed by atoms with Crippen molar-refractivity contribution >= 4 is 23.1 Å². The van der Waals surface area contributed by atoms with Gasteiger partial charge in [-0.3, -0.25) is 4.90 Å². The second-order valence-electron chi connectivity index (χ2n) is 8.58. The minimum Gasteiger partial charge on any atom is -0.340 e. The molecule has 166 valence electrons. The first-order chi connectivity index (χ1) is 16.4. The standard InChI is InChI=1S/C30H30N2S/c1-3-13-25(14-4-1)23-31(24-26-15-5-2-6-16-26)21-11-12-22-32-27-17-7-9-19-29(27)33-30-20-10-8-18-28(30)32/h1-10,13-20H,11-12,21-24H2.